The molecule has 0 rings (SSSR count). The van der Waals surface area contributed by atoms with Gasteiger partial charge in [-0.3, -0.25) is 4.79 Å². The zero-order valence-electron chi connectivity index (χ0n) is 7.00. The zero-order valence-corrected chi connectivity index (χ0v) is 7.00. The topological polar surface area (TPSA) is 75.3 Å². The summed E-state index contributed by atoms with van der Waals surface area (Å²) in [5, 5.41) is 11.6. The van der Waals surface area contributed by atoms with Gasteiger partial charge in [-0.25, -0.2) is 0 Å². The summed E-state index contributed by atoms with van der Waals surface area (Å²) in [4.78, 5) is 10.6. The van der Waals surface area contributed by atoms with E-state index in [1.54, 1.807) is 0 Å². The fourth-order valence-electron chi connectivity index (χ4n) is 0.686. The number of amides is 1. The van der Waals surface area contributed by atoms with Crippen molar-refractivity contribution in [3.63, 3.8) is 0 Å². The molecule has 0 aromatic carbocycles. The second-order valence-corrected chi connectivity index (χ2v) is 2.61. The standard InChI is InChI=1S/C7H16N2O2/c1-3-5(2)9-6(4-10)7(8)11/h5-6,9-10H,3-4H2,1-2H3,(H2,8,11). The van der Waals surface area contributed by atoms with Gasteiger partial charge >= 0.3 is 0 Å². The normalized spacial score (nSPS) is 15.9. The summed E-state index contributed by atoms with van der Waals surface area (Å²) < 4.78 is 0. The van der Waals surface area contributed by atoms with Crippen molar-refractivity contribution in [2.24, 2.45) is 5.73 Å². The lowest BCUT2D eigenvalue weighted by atomic mass is 10.2. The highest BCUT2D eigenvalue weighted by Gasteiger charge is 2.14. The van der Waals surface area contributed by atoms with E-state index in [0.29, 0.717) is 0 Å². The van der Waals surface area contributed by atoms with Crippen LogP contribution in [0.2, 0.25) is 0 Å². The molecule has 0 aromatic heterocycles. The maximum atomic E-state index is 10.6. The van der Waals surface area contributed by atoms with Crippen LogP contribution >= 0.6 is 0 Å². The van der Waals surface area contributed by atoms with E-state index >= 15 is 0 Å². The summed E-state index contributed by atoms with van der Waals surface area (Å²) in [6, 6.07) is -0.399. The second-order valence-electron chi connectivity index (χ2n) is 2.61. The predicted octanol–water partition coefficient (Wildman–Crippen LogP) is -0.779. The number of primary amides is 1. The molecular formula is C7H16N2O2. The molecule has 4 N–H and O–H groups in total. The molecule has 4 nitrogen and oxygen atoms in total. The van der Waals surface area contributed by atoms with E-state index in [9.17, 15) is 4.79 Å². The highest BCUT2D eigenvalue weighted by molar-refractivity contribution is 5.79. The van der Waals surface area contributed by atoms with Crippen molar-refractivity contribution in [3.8, 4) is 0 Å². The Morgan fingerprint density at radius 2 is 2.27 bits per heavy atom. The maximum Gasteiger partial charge on any atom is 0.236 e. The predicted molar refractivity (Wildman–Crippen MR) is 43.0 cm³/mol. The van der Waals surface area contributed by atoms with Crippen LogP contribution in [0.15, 0.2) is 0 Å². The van der Waals surface area contributed by atoms with Crippen molar-refractivity contribution in [2.75, 3.05) is 6.61 Å². The number of rotatable bonds is 5. The van der Waals surface area contributed by atoms with Crippen LogP contribution in [0, 0.1) is 0 Å². The lowest BCUT2D eigenvalue weighted by Gasteiger charge is -2.17. The lowest BCUT2D eigenvalue weighted by Crippen LogP contribution is -2.47. The molecule has 0 fully saturated rings. The Labute approximate surface area is 66.8 Å². The molecule has 11 heavy (non-hydrogen) atoms. The van der Waals surface area contributed by atoms with E-state index in [4.69, 9.17) is 10.8 Å². The molecule has 0 spiro atoms. The van der Waals surface area contributed by atoms with Crippen LogP contribution in [0.4, 0.5) is 0 Å². The van der Waals surface area contributed by atoms with E-state index in [-0.39, 0.29) is 12.6 Å². The van der Waals surface area contributed by atoms with E-state index in [0.717, 1.165) is 6.42 Å². The van der Waals surface area contributed by atoms with Gasteiger partial charge in [-0.05, 0) is 13.3 Å². The Morgan fingerprint density at radius 1 is 1.73 bits per heavy atom. The number of carbonyl (C=O) groups excluding carboxylic acids is 1. The third kappa shape index (κ3) is 3.95. The first-order valence-corrected chi connectivity index (χ1v) is 3.78. The largest absolute Gasteiger partial charge is 0.394 e. The first-order valence-electron chi connectivity index (χ1n) is 3.78. The van der Waals surface area contributed by atoms with E-state index in [1.807, 2.05) is 13.8 Å². The number of nitrogens with one attached hydrogen (secondary N) is 1. The van der Waals surface area contributed by atoms with Crippen LogP contribution in [0.5, 0.6) is 0 Å². The molecule has 0 radical (unpaired) electrons. The SMILES string of the molecule is CCC(C)NC(CO)C(N)=O. The summed E-state index contributed by atoms with van der Waals surface area (Å²) >= 11 is 0. The van der Waals surface area contributed by atoms with Gasteiger partial charge < -0.3 is 16.2 Å². The molecule has 0 bridgehead atoms. The molecule has 1 amide bonds. The van der Waals surface area contributed by atoms with Crippen molar-refractivity contribution < 1.29 is 9.90 Å². The third-order valence-corrected chi connectivity index (χ3v) is 1.62. The molecule has 2 atom stereocenters. The van der Waals surface area contributed by atoms with Crippen LogP contribution in [0.3, 0.4) is 0 Å². The van der Waals surface area contributed by atoms with Crippen LogP contribution in [0.1, 0.15) is 20.3 Å². The second kappa shape index (κ2) is 5.09. The molecule has 0 saturated heterocycles. The smallest absolute Gasteiger partial charge is 0.236 e. The highest BCUT2D eigenvalue weighted by atomic mass is 16.3. The highest BCUT2D eigenvalue weighted by Crippen LogP contribution is 1.90. The Kier molecular flexibility index (Phi) is 4.81. The van der Waals surface area contributed by atoms with E-state index < -0.39 is 11.9 Å². The first kappa shape index (κ1) is 10.4. The summed E-state index contributed by atoms with van der Waals surface area (Å²) in [6.45, 7) is 3.69. The zero-order chi connectivity index (χ0) is 8.85. The molecular weight excluding hydrogens is 144 g/mol. The molecule has 66 valence electrons. The summed E-state index contributed by atoms with van der Waals surface area (Å²) in [7, 11) is 0. The van der Waals surface area contributed by atoms with Crippen LogP contribution in [0.25, 0.3) is 0 Å². The van der Waals surface area contributed by atoms with Gasteiger partial charge in [-0.2, -0.15) is 0 Å². The van der Waals surface area contributed by atoms with Crippen LogP contribution < -0.4 is 11.1 Å². The summed E-state index contributed by atoms with van der Waals surface area (Å²) in [5.41, 5.74) is 4.99. The number of carbonyl (C=O) groups is 1. The number of aliphatic hydroxyl groups is 1. The summed E-state index contributed by atoms with van der Waals surface area (Å²) in [6.07, 6.45) is 0.907. The molecule has 0 aromatic rings. The minimum Gasteiger partial charge on any atom is -0.394 e. The van der Waals surface area contributed by atoms with Gasteiger partial charge in [0.2, 0.25) is 5.91 Å². The average Bonchev–Trinajstić information content (AvgIpc) is 1.99. The van der Waals surface area contributed by atoms with Gasteiger partial charge in [0.25, 0.3) is 0 Å². The fourth-order valence-corrected chi connectivity index (χ4v) is 0.686. The Hall–Kier alpha value is -0.610. The molecule has 0 aliphatic heterocycles. The molecule has 0 heterocycles. The number of hydrogen-bond donors (Lipinski definition) is 3. The van der Waals surface area contributed by atoms with E-state index in [1.165, 1.54) is 0 Å². The van der Waals surface area contributed by atoms with Gasteiger partial charge in [0.05, 0.1) is 6.61 Å². The van der Waals surface area contributed by atoms with Gasteiger partial charge in [-0.1, -0.05) is 6.92 Å². The van der Waals surface area contributed by atoms with E-state index in [2.05, 4.69) is 5.32 Å². The Bertz CT molecular complexity index is 128. The van der Waals surface area contributed by atoms with Gasteiger partial charge in [-0.15, -0.1) is 0 Å². The minimum absolute atomic E-state index is 0.208. The van der Waals surface area contributed by atoms with Crippen molar-refractivity contribution >= 4 is 5.91 Å². The van der Waals surface area contributed by atoms with Gasteiger partial charge in [0.1, 0.15) is 6.04 Å². The van der Waals surface area contributed by atoms with Crippen molar-refractivity contribution in [1.82, 2.24) is 5.32 Å². The van der Waals surface area contributed by atoms with Crippen LogP contribution in [-0.4, -0.2) is 29.7 Å². The molecule has 4 heteroatoms. The van der Waals surface area contributed by atoms with Crippen molar-refractivity contribution in [3.05, 3.63) is 0 Å². The number of nitrogens with two attached hydrogens (primary N) is 1. The van der Waals surface area contributed by atoms with Gasteiger partial charge in [0.15, 0.2) is 0 Å². The maximum absolute atomic E-state index is 10.6. The molecule has 2 unspecified atom stereocenters. The van der Waals surface area contributed by atoms with Crippen LogP contribution in [-0.2, 0) is 4.79 Å². The lowest BCUT2D eigenvalue weighted by molar-refractivity contribution is -0.121. The third-order valence-electron chi connectivity index (χ3n) is 1.62. The monoisotopic (exact) mass is 160 g/mol. The average molecular weight is 160 g/mol. The number of aliphatic hydroxyl groups excluding tert-OH is 1. The minimum atomic E-state index is -0.607. The van der Waals surface area contributed by atoms with Gasteiger partial charge in [0, 0.05) is 6.04 Å². The first-order chi connectivity index (χ1) is 5.11. The Balaban J connectivity index is 3.77. The van der Waals surface area contributed by atoms with Crippen molar-refractivity contribution in [1.29, 1.82) is 0 Å². The summed E-state index contributed by atoms with van der Waals surface area (Å²) in [5.74, 6) is -0.507. The molecule has 0 saturated carbocycles. The Morgan fingerprint density at radius 3 is 2.55 bits per heavy atom. The number of hydrogen-bond acceptors (Lipinski definition) is 3. The quantitative estimate of drug-likeness (QED) is 0.494. The molecule has 0 aliphatic carbocycles. The fraction of sp³-hybridized carbons (Fsp3) is 0.857. The van der Waals surface area contributed by atoms with Crippen molar-refractivity contribution in [2.45, 2.75) is 32.4 Å². The molecule has 0 aliphatic rings.